The van der Waals surface area contributed by atoms with E-state index >= 15 is 0 Å². The molecule has 1 aliphatic rings. The minimum absolute atomic E-state index is 0. The number of amides is 2. The summed E-state index contributed by atoms with van der Waals surface area (Å²) < 4.78 is 10.6. The van der Waals surface area contributed by atoms with E-state index in [1.54, 1.807) is 31.4 Å². The zero-order chi connectivity index (χ0) is 18.7. The quantitative estimate of drug-likeness (QED) is 0.760. The first-order valence-electron chi connectivity index (χ1n) is 8.17. The molecular formula is C18H22ClN3O4S. The van der Waals surface area contributed by atoms with Crippen molar-refractivity contribution in [3.8, 4) is 11.5 Å². The molecule has 9 heteroatoms. The van der Waals surface area contributed by atoms with Gasteiger partial charge in [-0.2, -0.15) is 0 Å². The molecule has 3 N–H and O–H groups in total. The van der Waals surface area contributed by atoms with E-state index in [2.05, 4.69) is 10.2 Å². The van der Waals surface area contributed by atoms with Crippen molar-refractivity contribution in [3.63, 3.8) is 0 Å². The van der Waals surface area contributed by atoms with E-state index in [0.29, 0.717) is 22.1 Å². The van der Waals surface area contributed by atoms with E-state index in [9.17, 15) is 9.59 Å². The number of methoxy groups -OCH3 is 1. The third-order valence-electron chi connectivity index (χ3n) is 4.16. The van der Waals surface area contributed by atoms with Gasteiger partial charge in [0.2, 0.25) is 0 Å². The zero-order valence-electron chi connectivity index (χ0n) is 15.1. The van der Waals surface area contributed by atoms with Crippen molar-refractivity contribution < 1.29 is 19.1 Å². The van der Waals surface area contributed by atoms with Gasteiger partial charge in [0.15, 0.2) is 6.61 Å². The molecule has 1 aromatic carbocycles. The Morgan fingerprint density at radius 3 is 2.78 bits per heavy atom. The van der Waals surface area contributed by atoms with E-state index in [1.165, 1.54) is 11.3 Å². The Labute approximate surface area is 167 Å². The molecule has 0 unspecified atom stereocenters. The van der Waals surface area contributed by atoms with Gasteiger partial charge < -0.3 is 25.4 Å². The number of benzene rings is 1. The van der Waals surface area contributed by atoms with Gasteiger partial charge in [-0.05, 0) is 31.2 Å². The van der Waals surface area contributed by atoms with Crippen LogP contribution in [-0.2, 0) is 17.8 Å². The topological polar surface area (TPSA) is 93.9 Å². The monoisotopic (exact) mass is 411 g/mol. The number of likely N-dealkylation sites (N-methyl/N-ethyl adjacent to an activating group) is 1. The van der Waals surface area contributed by atoms with Gasteiger partial charge in [-0.25, -0.2) is 0 Å². The molecule has 0 saturated carbocycles. The van der Waals surface area contributed by atoms with Crippen molar-refractivity contribution in [2.75, 3.05) is 32.6 Å². The van der Waals surface area contributed by atoms with E-state index in [4.69, 9.17) is 15.2 Å². The first-order valence-corrected chi connectivity index (χ1v) is 8.99. The Balaban J connectivity index is 0.00000261. The highest BCUT2D eigenvalue weighted by atomic mass is 35.5. The zero-order valence-corrected chi connectivity index (χ0v) is 16.7. The van der Waals surface area contributed by atoms with Crippen LogP contribution in [0.1, 0.15) is 20.8 Å². The summed E-state index contributed by atoms with van der Waals surface area (Å²) >= 11 is 1.40. The van der Waals surface area contributed by atoms with Gasteiger partial charge in [-0.1, -0.05) is 6.07 Å². The highest BCUT2D eigenvalue weighted by Crippen LogP contribution is 2.36. The van der Waals surface area contributed by atoms with Crippen LogP contribution in [-0.4, -0.2) is 44.0 Å². The molecule has 0 radical (unpaired) electrons. The molecule has 2 heterocycles. The summed E-state index contributed by atoms with van der Waals surface area (Å²) in [5.41, 5.74) is 6.92. The number of rotatable bonds is 6. The Morgan fingerprint density at radius 2 is 2.07 bits per heavy atom. The molecule has 0 saturated heterocycles. The Hall–Kier alpha value is -2.29. The smallest absolute Gasteiger partial charge is 0.262 e. The average molecular weight is 412 g/mol. The van der Waals surface area contributed by atoms with Crippen LogP contribution in [0.15, 0.2) is 24.3 Å². The molecule has 0 bridgehead atoms. The number of hydrogen-bond acceptors (Lipinski definition) is 6. The normalized spacial score (nSPS) is 13.3. The van der Waals surface area contributed by atoms with Gasteiger partial charge in [0.25, 0.3) is 11.8 Å². The first kappa shape index (κ1) is 21.0. The number of nitrogens with two attached hydrogens (primary N) is 1. The summed E-state index contributed by atoms with van der Waals surface area (Å²) in [4.78, 5) is 27.4. The Kier molecular flexibility index (Phi) is 7.06. The van der Waals surface area contributed by atoms with Crippen molar-refractivity contribution in [3.05, 3.63) is 40.3 Å². The molecule has 0 aliphatic carbocycles. The minimum atomic E-state index is -0.518. The Bertz CT molecular complexity index is 840. The number of fused-ring (bicyclic) bond motifs is 1. The second-order valence-electron chi connectivity index (χ2n) is 6.08. The van der Waals surface area contributed by atoms with Crippen LogP contribution in [0.2, 0.25) is 0 Å². The van der Waals surface area contributed by atoms with E-state index < -0.39 is 5.91 Å². The molecule has 146 valence electrons. The Morgan fingerprint density at radius 1 is 1.33 bits per heavy atom. The maximum atomic E-state index is 12.3. The van der Waals surface area contributed by atoms with Crippen LogP contribution in [0.3, 0.4) is 0 Å². The predicted molar refractivity (Wildman–Crippen MR) is 107 cm³/mol. The second-order valence-corrected chi connectivity index (χ2v) is 7.18. The lowest BCUT2D eigenvalue weighted by molar-refractivity contribution is -0.118. The minimum Gasteiger partial charge on any atom is -0.497 e. The molecule has 0 spiro atoms. The van der Waals surface area contributed by atoms with E-state index in [-0.39, 0.29) is 24.9 Å². The lowest BCUT2D eigenvalue weighted by atomic mass is 10.0. The largest absolute Gasteiger partial charge is 0.497 e. The highest BCUT2D eigenvalue weighted by Gasteiger charge is 2.26. The second kappa shape index (κ2) is 9.07. The summed E-state index contributed by atoms with van der Waals surface area (Å²) in [6, 6.07) is 7.01. The number of carbonyl (C=O) groups is 2. The number of ether oxygens (including phenoxy) is 2. The van der Waals surface area contributed by atoms with Crippen LogP contribution in [0.5, 0.6) is 11.5 Å². The summed E-state index contributed by atoms with van der Waals surface area (Å²) in [5, 5.41) is 3.26. The molecule has 27 heavy (non-hydrogen) atoms. The number of nitrogens with one attached hydrogen (secondary N) is 1. The standard InChI is InChI=1S/C18H21N3O4S.ClH/c1-21-7-6-13-14(9-21)26-18(16(13)17(19)23)20-15(22)10-25-12-5-3-4-11(8-12)24-2;/h3-5,8H,6-7,9-10H2,1-2H3,(H2,19,23)(H,20,22);1H. The van der Waals surface area contributed by atoms with Crippen LogP contribution in [0, 0.1) is 0 Å². The number of nitrogens with zero attached hydrogens (tertiary/aromatic N) is 1. The fourth-order valence-electron chi connectivity index (χ4n) is 2.88. The summed E-state index contributed by atoms with van der Waals surface area (Å²) in [6.45, 7) is 1.43. The van der Waals surface area contributed by atoms with Gasteiger partial charge in [0.1, 0.15) is 16.5 Å². The van der Waals surface area contributed by atoms with Crippen LogP contribution in [0.25, 0.3) is 0 Å². The van der Waals surface area contributed by atoms with Gasteiger partial charge in [0.05, 0.1) is 12.7 Å². The van der Waals surface area contributed by atoms with Crippen LogP contribution < -0.4 is 20.5 Å². The fraction of sp³-hybridized carbons (Fsp3) is 0.333. The predicted octanol–water partition coefficient (Wildman–Crippen LogP) is 2.28. The molecule has 1 aliphatic heterocycles. The third-order valence-corrected chi connectivity index (χ3v) is 5.29. The summed E-state index contributed by atoms with van der Waals surface area (Å²) in [5.74, 6) is 0.314. The lowest BCUT2D eigenvalue weighted by Gasteiger charge is -2.22. The number of thiophene rings is 1. The molecule has 2 aromatic rings. The highest BCUT2D eigenvalue weighted by molar-refractivity contribution is 7.17. The lowest BCUT2D eigenvalue weighted by Crippen LogP contribution is -2.27. The van der Waals surface area contributed by atoms with Crippen molar-refractivity contribution in [2.24, 2.45) is 5.73 Å². The number of anilines is 1. The van der Waals surface area contributed by atoms with Crippen molar-refractivity contribution >= 4 is 40.6 Å². The molecule has 0 fully saturated rings. The van der Waals surface area contributed by atoms with Crippen molar-refractivity contribution in [2.45, 2.75) is 13.0 Å². The van der Waals surface area contributed by atoms with Gasteiger partial charge in [-0.3, -0.25) is 9.59 Å². The molecule has 0 atom stereocenters. The number of hydrogen-bond donors (Lipinski definition) is 2. The number of carbonyl (C=O) groups excluding carboxylic acids is 2. The molecule has 1 aromatic heterocycles. The first-order chi connectivity index (χ1) is 12.5. The average Bonchev–Trinajstić information content (AvgIpc) is 2.97. The fourth-order valence-corrected chi connectivity index (χ4v) is 4.23. The molecule has 2 amide bonds. The van der Waals surface area contributed by atoms with Crippen LogP contribution >= 0.6 is 23.7 Å². The van der Waals surface area contributed by atoms with Gasteiger partial charge >= 0.3 is 0 Å². The number of primary amides is 1. The number of halogens is 1. The van der Waals surface area contributed by atoms with Crippen molar-refractivity contribution in [1.82, 2.24) is 4.90 Å². The molecule has 3 rings (SSSR count). The van der Waals surface area contributed by atoms with E-state index in [1.807, 2.05) is 7.05 Å². The van der Waals surface area contributed by atoms with Crippen LogP contribution in [0.4, 0.5) is 5.00 Å². The molecular weight excluding hydrogens is 390 g/mol. The SMILES string of the molecule is COc1cccc(OCC(=O)Nc2sc3c(c2C(N)=O)CCN(C)C3)c1.Cl. The van der Waals surface area contributed by atoms with E-state index in [0.717, 1.165) is 30.0 Å². The maximum absolute atomic E-state index is 12.3. The summed E-state index contributed by atoms with van der Waals surface area (Å²) in [7, 11) is 3.58. The maximum Gasteiger partial charge on any atom is 0.262 e. The molecule has 7 nitrogen and oxygen atoms in total. The van der Waals surface area contributed by atoms with Gasteiger partial charge in [-0.15, -0.1) is 23.7 Å². The third kappa shape index (κ3) is 4.91. The van der Waals surface area contributed by atoms with Crippen molar-refractivity contribution in [1.29, 1.82) is 0 Å². The van der Waals surface area contributed by atoms with Gasteiger partial charge in [0, 0.05) is 24.0 Å². The summed E-state index contributed by atoms with van der Waals surface area (Å²) in [6.07, 6.45) is 0.747.